The Hall–Kier alpha value is -4.96. The smallest absolute Gasteiger partial charge is 0.416 e. The number of aromatic nitrogens is 2. The van der Waals surface area contributed by atoms with Gasteiger partial charge in [0.25, 0.3) is 5.91 Å². The second-order valence-corrected chi connectivity index (χ2v) is 14.1. The van der Waals surface area contributed by atoms with Gasteiger partial charge in [-0.1, -0.05) is 89.5 Å². The van der Waals surface area contributed by atoms with Crippen LogP contribution in [-0.4, -0.2) is 22.3 Å². The molecule has 1 heterocycles. The fourth-order valence-corrected chi connectivity index (χ4v) is 5.56. The second-order valence-electron chi connectivity index (χ2n) is 13.6. The van der Waals surface area contributed by atoms with Crippen LogP contribution in [0.1, 0.15) is 71.1 Å². The summed E-state index contributed by atoms with van der Waals surface area (Å²) >= 11 is 6.10. The van der Waals surface area contributed by atoms with Crippen LogP contribution in [0.15, 0.2) is 95.8 Å². The summed E-state index contributed by atoms with van der Waals surface area (Å²) in [6, 6.07) is 23.5. The Kier molecular flexibility index (Phi) is 10.8. The summed E-state index contributed by atoms with van der Waals surface area (Å²) in [5.74, 6) is 0.0398. The van der Waals surface area contributed by atoms with Gasteiger partial charge in [0.05, 0.1) is 16.9 Å². The van der Waals surface area contributed by atoms with E-state index in [1.807, 2.05) is 12.1 Å². The molecule has 0 unspecified atom stereocenters. The summed E-state index contributed by atoms with van der Waals surface area (Å²) in [6.07, 6.45) is -2.70. The van der Waals surface area contributed by atoms with E-state index in [1.165, 1.54) is 10.2 Å². The number of rotatable bonds is 12. The summed E-state index contributed by atoms with van der Waals surface area (Å²) in [5.41, 5.74) is 1.90. The van der Waals surface area contributed by atoms with Gasteiger partial charge in [0.2, 0.25) is 5.75 Å². The second kappa shape index (κ2) is 14.7. The summed E-state index contributed by atoms with van der Waals surface area (Å²) in [6.45, 7) is 12.7. The van der Waals surface area contributed by atoms with Crippen molar-refractivity contribution in [3.8, 4) is 34.2 Å². The minimum Gasteiger partial charge on any atom is -0.483 e. The van der Waals surface area contributed by atoms with Crippen LogP contribution in [0.25, 0.3) is 16.9 Å². The normalized spacial score (nSPS) is 12.1. The molecule has 0 saturated heterocycles. The third-order valence-corrected chi connectivity index (χ3v) is 9.67. The molecule has 1 aromatic heterocycles. The molecule has 5 rings (SSSR count). The van der Waals surface area contributed by atoms with Crippen LogP contribution in [0.4, 0.5) is 18.9 Å². The molecule has 2 N–H and O–H groups in total. The number of amides is 1. The molecule has 0 bridgehead atoms. The van der Waals surface area contributed by atoms with Gasteiger partial charge in [0.15, 0.2) is 6.61 Å². The third-order valence-electron chi connectivity index (χ3n) is 9.42. The van der Waals surface area contributed by atoms with Crippen molar-refractivity contribution in [1.82, 2.24) is 9.78 Å². The van der Waals surface area contributed by atoms with Gasteiger partial charge >= 0.3 is 11.7 Å². The number of aromatic amines is 1. The number of hydrogen-bond donors (Lipinski definition) is 2. The number of carbonyl (C=O) groups excluding carboxylic acids is 1. The van der Waals surface area contributed by atoms with Crippen molar-refractivity contribution in [3.63, 3.8) is 0 Å². The van der Waals surface area contributed by atoms with Crippen molar-refractivity contribution >= 4 is 23.2 Å². The van der Waals surface area contributed by atoms with Gasteiger partial charge in [-0.2, -0.15) is 13.2 Å². The van der Waals surface area contributed by atoms with E-state index in [4.69, 9.17) is 21.1 Å². The van der Waals surface area contributed by atoms with E-state index < -0.39 is 23.2 Å². The van der Waals surface area contributed by atoms with Crippen molar-refractivity contribution in [1.29, 1.82) is 0 Å². The molecule has 0 aliphatic carbocycles. The highest BCUT2D eigenvalue weighted by Crippen LogP contribution is 2.39. The lowest BCUT2D eigenvalue weighted by molar-refractivity contribution is -0.137. The largest absolute Gasteiger partial charge is 0.483 e. The topological polar surface area (TPSA) is 85.3 Å². The molecule has 0 spiro atoms. The van der Waals surface area contributed by atoms with E-state index in [0.29, 0.717) is 27.7 Å². The zero-order chi connectivity index (χ0) is 37.1. The number of carbonyl (C=O) groups is 1. The van der Waals surface area contributed by atoms with Crippen molar-refractivity contribution in [3.05, 3.63) is 123 Å². The van der Waals surface area contributed by atoms with E-state index in [1.54, 1.807) is 48.5 Å². The summed E-state index contributed by atoms with van der Waals surface area (Å²) in [5, 5.41) is 6.38. The minimum atomic E-state index is -4.53. The molecule has 0 aliphatic heterocycles. The molecule has 0 fully saturated rings. The van der Waals surface area contributed by atoms with Gasteiger partial charge in [-0.25, -0.2) is 4.68 Å². The Bertz CT molecular complexity index is 2060. The van der Waals surface area contributed by atoms with Gasteiger partial charge in [0, 0.05) is 16.1 Å². The van der Waals surface area contributed by atoms with Gasteiger partial charge < -0.3 is 14.8 Å². The number of para-hydroxylation sites is 2. The molecule has 1 amide bonds. The van der Waals surface area contributed by atoms with Gasteiger partial charge in [-0.15, -0.1) is 0 Å². The lowest BCUT2D eigenvalue weighted by Crippen LogP contribution is -2.25. The molecule has 51 heavy (non-hydrogen) atoms. The predicted octanol–water partition coefficient (Wildman–Crippen LogP) is 10.7. The number of nitrogens with one attached hydrogen (secondary N) is 2. The zero-order valence-electron chi connectivity index (χ0n) is 29.4. The Morgan fingerprint density at radius 1 is 0.843 bits per heavy atom. The number of halogens is 4. The Labute approximate surface area is 300 Å². The maximum Gasteiger partial charge on any atom is 0.416 e. The molecular weight excluding hydrogens is 679 g/mol. The standard InChI is InChI=1S/C40H41ClF3N3O4/c1-7-38(3,4)27-17-22-33(30(23-27)39(5,6)8-2)50-24-34(48)45-31-11-9-10-12-32(31)47-37(49)36(35(46-47)25-13-18-28(41)19-14-25)51-29-20-15-26(16-21-29)40(42,43)44/h9-23,46H,7-8,24H2,1-6H3,(H,45,48). The van der Waals surface area contributed by atoms with Crippen LogP contribution in [0.3, 0.4) is 0 Å². The average Bonchev–Trinajstić information content (AvgIpc) is 3.42. The molecule has 268 valence electrons. The van der Waals surface area contributed by atoms with E-state index >= 15 is 0 Å². The minimum absolute atomic E-state index is 0.0237. The predicted molar refractivity (Wildman–Crippen MR) is 196 cm³/mol. The number of nitrogens with zero attached hydrogens (tertiary/aromatic N) is 1. The van der Waals surface area contributed by atoms with E-state index in [9.17, 15) is 22.8 Å². The van der Waals surface area contributed by atoms with Gasteiger partial charge in [-0.3, -0.25) is 14.7 Å². The fourth-order valence-electron chi connectivity index (χ4n) is 5.43. The van der Waals surface area contributed by atoms with Gasteiger partial charge in [-0.05, 0) is 83.8 Å². The van der Waals surface area contributed by atoms with Crippen molar-refractivity contribution < 1.29 is 27.4 Å². The molecule has 7 nitrogen and oxygen atoms in total. The average molecular weight is 720 g/mol. The SMILES string of the molecule is CCC(C)(C)c1ccc(OCC(=O)Nc2ccccc2-n2[nH]c(-c3ccc(Cl)cc3)c(Oc3ccc(C(F)(F)F)cc3)c2=O)c(C(C)(C)CC)c1. The van der Waals surface area contributed by atoms with E-state index in [2.05, 4.69) is 58.0 Å². The van der Waals surface area contributed by atoms with Crippen LogP contribution >= 0.6 is 11.6 Å². The number of alkyl halides is 3. The van der Waals surface area contributed by atoms with Crippen LogP contribution in [0.5, 0.6) is 17.2 Å². The molecule has 4 aromatic carbocycles. The first-order valence-corrected chi connectivity index (χ1v) is 17.0. The Balaban J connectivity index is 1.45. The van der Waals surface area contributed by atoms with Crippen LogP contribution < -0.4 is 20.3 Å². The Morgan fingerprint density at radius 3 is 2.10 bits per heavy atom. The first-order chi connectivity index (χ1) is 24.0. The van der Waals surface area contributed by atoms with Crippen molar-refractivity contribution in [2.75, 3.05) is 11.9 Å². The number of H-pyrrole nitrogens is 1. The van der Waals surface area contributed by atoms with Crippen molar-refractivity contribution in [2.24, 2.45) is 0 Å². The first kappa shape index (κ1) is 37.3. The lowest BCUT2D eigenvalue weighted by Gasteiger charge is -2.30. The Morgan fingerprint density at radius 2 is 1.47 bits per heavy atom. The molecule has 0 radical (unpaired) electrons. The summed E-state index contributed by atoms with van der Waals surface area (Å²) in [4.78, 5) is 27.3. The highest BCUT2D eigenvalue weighted by molar-refractivity contribution is 6.30. The number of anilines is 1. The third kappa shape index (κ3) is 8.34. The van der Waals surface area contributed by atoms with Crippen LogP contribution in [-0.2, 0) is 21.8 Å². The molecular formula is C40H41ClF3N3O4. The van der Waals surface area contributed by atoms with Crippen molar-refractivity contribution in [2.45, 2.75) is 71.4 Å². The quantitative estimate of drug-likeness (QED) is 0.134. The number of ether oxygens (including phenoxy) is 2. The lowest BCUT2D eigenvalue weighted by atomic mass is 9.76. The van der Waals surface area contributed by atoms with E-state index in [0.717, 1.165) is 42.7 Å². The van der Waals surface area contributed by atoms with Gasteiger partial charge in [0.1, 0.15) is 17.2 Å². The molecule has 0 atom stereocenters. The molecule has 0 aliphatic rings. The zero-order valence-corrected chi connectivity index (χ0v) is 30.1. The molecule has 11 heteroatoms. The number of hydrogen-bond acceptors (Lipinski definition) is 4. The molecule has 5 aromatic rings. The van der Waals surface area contributed by atoms with Crippen LogP contribution in [0.2, 0.25) is 5.02 Å². The first-order valence-electron chi connectivity index (χ1n) is 16.7. The van der Waals surface area contributed by atoms with Crippen LogP contribution in [0, 0.1) is 0 Å². The van der Waals surface area contributed by atoms with E-state index in [-0.39, 0.29) is 34.6 Å². The molecule has 0 saturated carbocycles. The summed E-state index contributed by atoms with van der Waals surface area (Å²) < 4.78 is 52.8. The maximum atomic E-state index is 14.0. The fraction of sp³-hybridized carbons (Fsp3) is 0.300. The number of benzene rings is 4. The monoisotopic (exact) mass is 719 g/mol. The maximum absolute atomic E-state index is 14.0. The highest BCUT2D eigenvalue weighted by Gasteiger charge is 2.31. The summed E-state index contributed by atoms with van der Waals surface area (Å²) in [7, 11) is 0. The highest BCUT2D eigenvalue weighted by atomic mass is 35.5.